The van der Waals surface area contributed by atoms with Gasteiger partial charge in [0.05, 0.1) is 10.6 Å². The second-order valence-electron chi connectivity index (χ2n) is 6.23. The highest BCUT2D eigenvalue weighted by Crippen LogP contribution is 2.37. The summed E-state index contributed by atoms with van der Waals surface area (Å²) in [7, 11) is 0. The Balaban J connectivity index is 2.00. The summed E-state index contributed by atoms with van der Waals surface area (Å²) in [6.45, 7) is 4.48. The van der Waals surface area contributed by atoms with Crippen LogP contribution in [0.3, 0.4) is 0 Å². The smallest absolute Gasteiger partial charge is 0.142 e. The van der Waals surface area contributed by atoms with Gasteiger partial charge in [0.15, 0.2) is 0 Å². The Kier molecular flexibility index (Phi) is 4.52. The van der Waals surface area contributed by atoms with Crippen molar-refractivity contribution in [3.05, 3.63) is 34.6 Å². The summed E-state index contributed by atoms with van der Waals surface area (Å²) in [6.07, 6.45) is 4.25. The van der Waals surface area contributed by atoms with E-state index in [9.17, 15) is 9.50 Å². The molecule has 1 aliphatic rings. The molecule has 1 aromatic carbocycles. The van der Waals surface area contributed by atoms with Crippen molar-refractivity contribution in [2.75, 3.05) is 0 Å². The number of halogens is 2. The summed E-state index contributed by atoms with van der Waals surface area (Å²) in [4.78, 5) is 0. The Morgan fingerprint density at radius 1 is 1.37 bits per heavy atom. The fraction of sp³-hybridized carbons (Fsp3) is 0.625. The van der Waals surface area contributed by atoms with Crippen molar-refractivity contribution < 1.29 is 9.50 Å². The normalized spacial score (nSPS) is 27.8. The Labute approximate surface area is 119 Å². The van der Waals surface area contributed by atoms with Gasteiger partial charge in [-0.05, 0) is 55.2 Å². The molecule has 0 unspecified atom stereocenters. The number of hydrogen-bond donors (Lipinski definition) is 1. The second kappa shape index (κ2) is 5.80. The SMILES string of the molecule is CC(C)C1CCC(O)(Cc2ccc(Cl)c(F)c2)CC1. The summed E-state index contributed by atoms with van der Waals surface area (Å²) >= 11 is 5.67. The fourth-order valence-corrected chi connectivity index (χ4v) is 3.17. The molecule has 0 spiro atoms. The summed E-state index contributed by atoms with van der Waals surface area (Å²) in [5, 5.41) is 10.8. The van der Waals surface area contributed by atoms with Gasteiger partial charge in [0.1, 0.15) is 5.82 Å². The lowest BCUT2D eigenvalue weighted by molar-refractivity contribution is -0.0146. The molecule has 3 heteroatoms. The minimum Gasteiger partial charge on any atom is -0.390 e. The van der Waals surface area contributed by atoms with Crippen LogP contribution in [0.15, 0.2) is 18.2 Å². The summed E-state index contributed by atoms with van der Waals surface area (Å²) in [6, 6.07) is 4.81. The van der Waals surface area contributed by atoms with Crippen LogP contribution in [0.4, 0.5) is 4.39 Å². The molecule has 1 saturated carbocycles. The van der Waals surface area contributed by atoms with E-state index in [2.05, 4.69) is 13.8 Å². The van der Waals surface area contributed by atoms with Crippen LogP contribution in [0.25, 0.3) is 0 Å². The van der Waals surface area contributed by atoms with Crippen LogP contribution >= 0.6 is 11.6 Å². The standard InChI is InChI=1S/C16H22ClFO/c1-11(2)13-5-7-16(19,8-6-13)10-12-3-4-14(17)15(18)9-12/h3-4,9,11,13,19H,5-8,10H2,1-2H3. The topological polar surface area (TPSA) is 20.2 Å². The lowest BCUT2D eigenvalue weighted by Gasteiger charge is -2.37. The molecule has 0 heterocycles. The summed E-state index contributed by atoms with van der Waals surface area (Å²) in [5.41, 5.74) is 0.151. The molecule has 1 nitrogen and oxygen atoms in total. The van der Waals surface area contributed by atoms with Gasteiger partial charge < -0.3 is 5.11 Å². The van der Waals surface area contributed by atoms with Gasteiger partial charge >= 0.3 is 0 Å². The lowest BCUT2D eigenvalue weighted by atomic mass is 9.72. The molecule has 106 valence electrons. The molecular formula is C16H22ClFO. The maximum atomic E-state index is 13.4. The summed E-state index contributed by atoms with van der Waals surface area (Å²) < 4.78 is 13.4. The van der Waals surface area contributed by atoms with E-state index in [4.69, 9.17) is 11.6 Å². The molecule has 0 saturated heterocycles. The maximum absolute atomic E-state index is 13.4. The third-order valence-corrected chi connectivity index (χ3v) is 4.73. The molecule has 0 aromatic heterocycles. The third-order valence-electron chi connectivity index (χ3n) is 4.42. The quantitative estimate of drug-likeness (QED) is 0.860. The first-order chi connectivity index (χ1) is 8.89. The Hall–Kier alpha value is -0.600. The highest BCUT2D eigenvalue weighted by molar-refractivity contribution is 6.30. The van der Waals surface area contributed by atoms with E-state index in [0.29, 0.717) is 18.3 Å². The van der Waals surface area contributed by atoms with E-state index >= 15 is 0 Å². The minimum absolute atomic E-state index is 0.138. The minimum atomic E-state index is -0.675. The molecule has 1 fully saturated rings. The van der Waals surface area contributed by atoms with Crippen molar-refractivity contribution in [2.24, 2.45) is 11.8 Å². The van der Waals surface area contributed by atoms with Gasteiger partial charge in [-0.2, -0.15) is 0 Å². The Bertz CT molecular complexity index is 436. The van der Waals surface area contributed by atoms with Crippen LogP contribution < -0.4 is 0 Å². The van der Waals surface area contributed by atoms with Gasteiger partial charge in [0.25, 0.3) is 0 Å². The first kappa shape index (κ1) is 14.8. The van der Waals surface area contributed by atoms with Crippen LogP contribution in [0.2, 0.25) is 5.02 Å². The molecule has 1 aromatic rings. The zero-order valence-corrected chi connectivity index (χ0v) is 12.4. The fourth-order valence-electron chi connectivity index (χ4n) is 3.05. The van der Waals surface area contributed by atoms with Crippen molar-refractivity contribution in [3.8, 4) is 0 Å². The maximum Gasteiger partial charge on any atom is 0.142 e. The van der Waals surface area contributed by atoms with Crippen LogP contribution in [0, 0.1) is 17.7 Å². The molecule has 0 radical (unpaired) electrons. The highest BCUT2D eigenvalue weighted by atomic mass is 35.5. The van der Waals surface area contributed by atoms with Gasteiger partial charge in [-0.15, -0.1) is 0 Å². The highest BCUT2D eigenvalue weighted by Gasteiger charge is 2.34. The number of aliphatic hydroxyl groups is 1. The average molecular weight is 285 g/mol. The van der Waals surface area contributed by atoms with Gasteiger partial charge in [-0.25, -0.2) is 4.39 Å². The largest absolute Gasteiger partial charge is 0.390 e. The monoisotopic (exact) mass is 284 g/mol. The Morgan fingerprint density at radius 2 is 2.00 bits per heavy atom. The first-order valence-corrected chi connectivity index (χ1v) is 7.44. The molecule has 1 N–H and O–H groups in total. The van der Waals surface area contributed by atoms with E-state index in [-0.39, 0.29) is 5.02 Å². The van der Waals surface area contributed by atoms with E-state index in [0.717, 1.165) is 31.2 Å². The van der Waals surface area contributed by atoms with Crippen molar-refractivity contribution in [1.82, 2.24) is 0 Å². The van der Waals surface area contributed by atoms with Crippen molar-refractivity contribution in [2.45, 2.75) is 51.6 Å². The van der Waals surface area contributed by atoms with Gasteiger partial charge in [-0.1, -0.05) is 31.5 Å². The molecule has 0 amide bonds. The lowest BCUT2D eigenvalue weighted by Crippen LogP contribution is -2.37. The zero-order chi connectivity index (χ0) is 14.0. The third kappa shape index (κ3) is 3.70. The van der Waals surface area contributed by atoms with E-state index in [1.54, 1.807) is 12.1 Å². The van der Waals surface area contributed by atoms with E-state index < -0.39 is 11.4 Å². The first-order valence-electron chi connectivity index (χ1n) is 7.06. The summed E-state index contributed by atoms with van der Waals surface area (Å²) in [5.74, 6) is 0.985. The zero-order valence-electron chi connectivity index (χ0n) is 11.6. The molecule has 0 bridgehead atoms. The predicted molar refractivity (Wildman–Crippen MR) is 76.9 cm³/mol. The Morgan fingerprint density at radius 3 is 2.53 bits per heavy atom. The van der Waals surface area contributed by atoms with Crippen molar-refractivity contribution in [1.29, 1.82) is 0 Å². The van der Waals surface area contributed by atoms with Crippen molar-refractivity contribution >= 4 is 11.6 Å². The number of rotatable bonds is 3. The number of benzene rings is 1. The second-order valence-corrected chi connectivity index (χ2v) is 6.64. The van der Waals surface area contributed by atoms with E-state index in [1.165, 1.54) is 6.07 Å². The molecule has 0 atom stereocenters. The van der Waals surface area contributed by atoms with Crippen LogP contribution in [0.1, 0.15) is 45.1 Å². The molecule has 0 aliphatic heterocycles. The van der Waals surface area contributed by atoms with E-state index in [1.807, 2.05) is 0 Å². The van der Waals surface area contributed by atoms with Gasteiger partial charge in [0, 0.05) is 6.42 Å². The molecular weight excluding hydrogens is 263 g/mol. The van der Waals surface area contributed by atoms with Crippen LogP contribution in [-0.2, 0) is 6.42 Å². The van der Waals surface area contributed by atoms with Crippen LogP contribution in [-0.4, -0.2) is 10.7 Å². The molecule has 19 heavy (non-hydrogen) atoms. The average Bonchev–Trinajstić information content (AvgIpc) is 2.34. The number of hydrogen-bond acceptors (Lipinski definition) is 1. The van der Waals surface area contributed by atoms with Gasteiger partial charge in [-0.3, -0.25) is 0 Å². The van der Waals surface area contributed by atoms with Gasteiger partial charge in [0.2, 0.25) is 0 Å². The molecule has 2 rings (SSSR count). The van der Waals surface area contributed by atoms with Crippen molar-refractivity contribution in [3.63, 3.8) is 0 Å². The predicted octanol–water partition coefficient (Wildman–Crippen LogP) is 4.60. The molecule has 1 aliphatic carbocycles. The van der Waals surface area contributed by atoms with Crippen LogP contribution in [0.5, 0.6) is 0 Å².